The molecular weight excluding hydrogens is 299 g/mol. The molecule has 0 amide bonds. The highest BCUT2D eigenvalue weighted by Gasteiger charge is 2.51. The zero-order valence-electron chi connectivity index (χ0n) is 13.4. The van der Waals surface area contributed by atoms with Crippen LogP contribution in [0.25, 0.3) is 10.6 Å². The van der Waals surface area contributed by atoms with E-state index in [1.165, 1.54) is 0 Å². The van der Waals surface area contributed by atoms with E-state index in [0.29, 0.717) is 5.88 Å². The third-order valence-corrected chi connectivity index (χ3v) is 5.06. The van der Waals surface area contributed by atoms with Crippen molar-refractivity contribution in [3.05, 3.63) is 23.8 Å². The molecule has 0 bridgehead atoms. The summed E-state index contributed by atoms with van der Waals surface area (Å²) in [7, 11) is 1.16. The number of nitrogens with zero attached hydrogens (tertiary/aromatic N) is 2. The van der Waals surface area contributed by atoms with E-state index in [1.807, 2.05) is 39.1 Å². The molecule has 22 heavy (non-hydrogen) atoms. The van der Waals surface area contributed by atoms with Crippen LogP contribution in [-0.4, -0.2) is 35.4 Å². The van der Waals surface area contributed by atoms with E-state index < -0.39 is 7.12 Å². The van der Waals surface area contributed by atoms with Crippen LogP contribution >= 0.6 is 11.3 Å². The molecule has 0 unspecified atom stereocenters. The van der Waals surface area contributed by atoms with Crippen molar-refractivity contribution in [3.63, 3.8) is 0 Å². The van der Waals surface area contributed by atoms with Gasteiger partial charge in [0.25, 0.3) is 0 Å². The second kappa shape index (κ2) is 5.33. The Morgan fingerprint density at radius 2 is 1.82 bits per heavy atom. The minimum atomic E-state index is -0.442. The smallest absolute Gasteiger partial charge is 0.480 e. The van der Waals surface area contributed by atoms with E-state index in [9.17, 15) is 0 Å². The summed E-state index contributed by atoms with van der Waals surface area (Å²) < 4.78 is 17.5. The number of hydrogen-bond donors (Lipinski definition) is 0. The number of thiazole rings is 1. The van der Waals surface area contributed by atoms with Crippen molar-refractivity contribution in [2.24, 2.45) is 0 Å². The average molecular weight is 318 g/mol. The summed E-state index contributed by atoms with van der Waals surface area (Å²) in [6.07, 6.45) is 3.50. The Balaban J connectivity index is 1.98. The predicted octanol–water partition coefficient (Wildman–Crippen LogP) is 2.51. The van der Waals surface area contributed by atoms with Crippen molar-refractivity contribution in [1.29, 1.82) is 0 Å². The molecule has 1 fully saturated rings. The van der Waals surface area contributed by atoms with Crippen LogP contribution in [0, 0.1) is 0 Å². The highest BCUT2D eigenvalue weighted by atomic mass is 32.1. The minimum absolute atomic E-state index is 0.376. The first-order valence-corrected chi connectivity index (χ1v) is 8.01. The summed E-state index contributed by atoms with van der Waals surface area (Å²) in [5.74, 6) is 0.551. The SMILES string of the molecule is COc1ncc(B2OC(C)(C)C(C)(C)O2)cc1-c1nccs1. The van der Waals surface area contributed by atoms with Gasteiger partial charge in [0.15, 0.2) is 0 Å². The number of pyridine rings is 1. The average Bonchev–Trinajstić information content (AvgIpc) is 3.05. The quantitative estimate of drug-likeness (QED) is 0.814. The Kier molecular flexibility index (Phi) is 3.75. The third kappa shape index (κ3) is 2.53. The zero-order chi connectivity index (χ0) is 16.0. The molecule has 0 saturated carbocycles. The zero-order valence-corrected chi connectivity index (χ0v) is 14.2. The highest BCUT2D eigenvalue weighted by Crippen LogP contribution is 2.37. The molecule has 0 aromatic carbocycles. The first kappa shape index (κ1) is 15.5. The molecule has 2 aromatic rings. The molecule has 116 valence electrons. The maximum atomic E-state index is 6.08. The van der Waals surface area contributed by atoms with Crippen LogP contribution in [0.2, 0.25) is 0 Å². The summed E-state index contributed by atoms with van der Waals surface area (Å²) in [5.41, 5.74) is 0.965. The summed E-state index contributed by atoms with van der Waals surface area (Å²) >= 11 is 1.54. The van der Waals surface area contributed by atoms with Crippen LogP contribution in [0.5, 0.6) is 5.88 Å². The van der Waals surface area contributed by atoms with Gasteiger partial charge in [-0.2, -0.15) is 0 Å². The van der Waals surface area contributed by atoms with Gasteiger partial charge in [-0.1, -0.05) is 0 Å². The summed E-state index contributed by atoms with van der Waals surface area (Å²) in [6.45, 7) is 8.13. The van der Waals surface area contributed by atoms with Gasteiger partial charge in [0.05, 0.1) is 23.9 Å². The molecule has 0 N–H and O–H groups in total. The molecule has 0 aliphatic carbocycles. The predicted molar refractivity (Wildman–Crippen MR) is 87.6 cm³/mol. The number of rotatable bonds is 3. The van der Waals surface area contributed by atoms with Gasteiger partial charge in [-0.15, -0.1) is 11.3 Å². The van der Waals surface area contributed by atoms with E-state index in [2.05, 4.69) is 9.97 Å². The fourth-order valence-electron chi connectivity index (χ4n) is 2.25. The second-order valence-electron chi connectivity index (χ2n) is 6.25. The van der Waals surface area contributed by atoms with Gasteiger partial charge < -0.3 is 14.0 Å². The molecule has 3 heterocycles. The van der Waals surface area contributed by atoms with Gasteiger partial charge in [0, 0.05) is 23.2 Å². The Labute approximate surface area is 134 Å². The molecule has 0 radical (unpaired) electrons. The van der Waals surface area contributed by atoms with Crippen molar-refractivity contribution in [1.82, 2.24) is 9.97 Å². The lowest BCUT2D eigenvalue weighted by Gasteiger charge is -2.32. The first-order chi connectivity index (χ1) is 10.3. The molecule has 7 heteroatoms. The standard InChI is InChI=1S/C15H19BN2O3S/c1-14(2)15(3,4)21-16(20-14)10-8-11(12(19-5)18-9-10)13-17-6-7-22-13/h6-9H,1-5H3. The summed E-state index contributed by atoms with van der Waals surface area (Å²) in [6, 6.07) is 1.98. The van der Waals surface area contributed by atoms with Gasteiger partial charge in [0.1, 0.15) is 5.01 Å². The van der Waals surface area contributed by atoms with E-state index in [0.717, 1.165) is 16.0 Å². The Bertz CT molecular complexity index is 657. The van der Waals surface area contributed by atoms with Crippen LogP contribution in [0.1, 0.15) is 27.7 Å². The van der Waals surface area contributed by atoms with Crippen LogP contribution in [0.15, 0.2) is 23.8 Å². The lowest BCUT2D eigenvalue weighted by molar-refractivity contribution is 0.00578. The molecule has 0 atom stereocenters. The summed E-state index contributed by atoms with van der Waals surface area (Å²) in [4.78, 5) is 8.71. The summed E-state index contributed by atoms with van der Waals surface area (Å²) in [5, 5.41) is 2.79. The van der Waals surface area contributed by atoms with Gasteiger partial charge in [-0.25, -0.2) is 9.97 Å². The maximum absolute atomic E-state index is 6.08. The second-order valence-corrected chi connectivity index (χ2v) is 7.15. The number of hydrogen-bond acceptors (Lipinski definition) is 6. The van der Waals surface area contributed by atoms with Gasteiger partial charge in [-0.05, 0) is 33.8 Å². The van der Waals surface area contributed by atoms with E-state index >= 15 is 0 Å². The first-order valence-electron chi connectivity index (χ1n) is 7.13. The molecule has 1 saturated heterocycles. The van der Waals surface area contributed by atoms with Crippen molar-refractivity contribution in [2.75, 3.05) is 7.11 Å². The molecular formula is C15H19BN2O3S. The molecule has 1 aliphatic rings. The van der Waals surface area contributed by atoms with E-state index in [4.69, 9.17) is 14.0 Å². The lowest BCUT2D eigenvalue weighted by atomic mass is 9.79. The third-order valence-electron chi connectivity index (χ3n) is 4.25. The Morgan fingerprint density at radius 1 is 1.14 bits per heavy atom. The molecule has 2 aromatic heterocycles. The monoisotopic (exact) mass is 318 g/mol. The van der Waals surface area contributed by atoms with Crippen molar-refractivity contribution < 1.29 is 14.0 Å². The van der Waals surface area contributed by atoms with Gasteiger partial charge in [0.2, 0.25) is 5.88 Å². The molecule has 5 nitrogen and oxygen atoms in total. The molecule has 0 spiro atoms. The fraction of sp³-hybridized carbons (Fsp3) is 0.467. The highest BCUT2D eigenvalue weighted by molar-refractivity contribution is 7.13. The molecule has 3 rings (SSSR count). The Morgan fingerprint density at radius 3 is 2.36 bits per heavy atom. The number of aromatic nitrogens is 2. The fourth-order valence-corrected chi connectivity index (χ4v) is 2.89. The minimum Gasteiger partial charge on any atom is -0.480 e. The Hall–Kier alpha value is -1.44. The van der Waals surface area contributed by atoms with E-state index in [-0.39, 0.29) is 11.2 Å². The topological polar surface area (TPSA) is 53.5 Å². The number of ether oxygens (including phenoxy) is 1. The van der Waals surface area contributed by atoms with Crippen LogP contribution in [0.3, 0.4) is 0 Å². The maximum Gasteiger partial charge on any atom is 0.496 e. The van der Waals surface area contributed by atoms with Gasteiger partial charge in [-0.3, -0.25) is 0 Å². The van der Waals surface area contributed by atoms with Crippen LogP contribution < -0.4 is 10.2 Å². The van der Waals surface area contributed by atoms with Crippen molar-refractivity contribution >= 4 is 23.9 Å². The van der Waals surface area contributed by atoms with Crippen molar-refractivity contribution in [3.8, 4) is 16.5 Å². The molecule has 1 aliphatic heterocycles. The lowest BCUT2D eigenvalue weighted by Crippen LogP contribution is -2.41. The van der Waals surface area contributed by atoms with Crippen molar-refractivity contribution in [2.45, 2.75) is 38.9 Å². The van der Waals surface area contributed by atoms with Crippen LogP contribution in [0.4, 0.5) is 0 Å². The number of methoxy groups -OCH3 is 1. The normalized spacial score (nSPS) is 19.4. The largest absolute Gasteiger partial charge is 0.496 e. The van der Waals surface area contributed by atoms with E-state index in [1.54, 1.807) is 30.8 Å². The van der Waals surface area contributed by atoms with Gasteiger partial charge >= 0.3 is 7.12 Å². The van der Waals surface area contributed by atoms with Crippen LogP contribution in [-0.2, 0) is 9.31 Å².